The van der Waals surface area contributed by atoms with E-state index in [1.807, 2.05) is 0 Å². The Labute approximate surface area is 104 Å². The van der Waals surface area contributed by atoms with Crippen molar-refractivity contribution < 1.29 is 14.7 Å². The van der Waals surface area contributed by atoms with Crippen LogP contribution in [0.15, 0.2) is 12.7 Å². The van der Waals surface area contributed by atoms with Gasteiger partial charge < -0.3 is 10.0 Å². The number of carbonyl (C=O) groups is 2. The fourth-order valence-corrected chi connectivity index (χ4v) is 2.26. The van der Waals surface area contributed by atoms with E-state index in [2.05, 4.69) is 10.1 Å². The maximum atomic E-state index is 12.0. The Hall–Kier alpha value is -1.92. The molecule has 1 saturated heterocycles. The van der Waals surface area contributed by atoms with E-state index in [-0.39, 0.29) is 24.8 Å². The molecular formula is C11H16N4O3. The molecule has 7 heteroatoms. The third-order valence-electron chi connectivity index (χ3n) is 3.10. The number of carboxylic acid groups (broad SMARTS) is 1. The van der Waals surface area contributed by atoms with Crippen molar-refractivity contribution in [2.45, 2.75) is 25.8 Å². The van der Waals surface area contributed by atoms with Crippen molar-refractivity contribution in [3.05, 3.63) is 12.7 Å². The summed E-state index contributed by atoms with van der Waals surface area (Å²) in [4.78, 5) is 28.2. The van der Waals surface area contributed by atoms with Crippen LogP contribution in [0, 0.1) is 5.92 Å². The molecule has 1 aliphatic rings. The Kier molecular flexibility index (Phi) is 3.91. The molecule has 18 heavy (non-hydrogen) atoms. The second-order valence-electron chi connectivity index (χ2n) is 4.54. The second kappa shape index (κ2) is 5.61. The zero-order valence-electron chi connectivity index (χ0n) is 10.0. The number of aromatic nitrogens is 3. The summed E-state index contributed by atoms with van der Waals surface area (Å²) in [5.41, 5.74) is 0. The van der Waals surface area contributed by atoms with Crippen LogP contribution in [-0.4, -0.2) is 49.7 Å². The van der Waals surface area contributed by atoms with Crippen molar-refractivity contribution >= 4 is 11.9 Å². The lowest BCUT2D eigenvalue weighted by Crippen LogP contribution is -2.42. The van der Waals surface area contributed by atoms with Gasteiger partial charge in [-0.05, 0) is 18.8 Å². The van der Waals surface area contributed by atoms with Gasteiger partial charge >= 0.3 is 5.97 Å². The van der Waals surface area contributed by atoms with Crippen molar-refractivity contribution in [1.82, 2.24) is 19.7 Å². The largest absolute Gasteiger partial charge is 0.481 e. The van der Waals surface area contributed by atoms with Crippen molar-refractivity contribution in [2.75, 3.05) is 13.1 Å². The molecule has 7 nitrogen and oxygen atoms in total. The standard InChI is InChI=1S/C11H16N4O3/c16-10(6-15-8-12-7-13-15)14-3-1-2-9(5-14)4-11(17)18/h7-9H,1-6H2,(H,17,18). The minimum absolute atomic E-state index is 0.0319. The van der Waals surface area contributed by atoms with Crippen molar-refractivity contribution in [3.63, 3.8) is 0 Å². The number of hydrogen-bond donors (Lipinski definition) is 1. The first-order valence-corrected chi connectivity index (χ1v) is 5.97. The number of amides is 1. The molecule has 0 spiro atoms. The number of carbonyl (C=O) groups excluding carboxylic acids is 1. The first kappa shape index (κ1) is 12.5. The van der Waals surface area contributed by atoms with Crippen LogP contribution in [-0.2, 0) is 16.1 Å². The zero-order chi connectivity index (χ0) is 13.0. The summed E-state index contributed by atoms with van der Waals surface area (Å²) in [6.45, 7) is 1.39. The fraction of sp³-hybridized carbons (Fsp3) is 0.636. The average Bonchev–Trinajstić information content (AvgIpc) is 2.81. The Morgan fingerprint density at radius 1 is 1.44 bits per heavy atom. The smallest absolute Gasteiger partial charge is 0.303 e. The summed E-state index contributed by atoms with van der Waals surface area (Å²) >= 11 is 0. The second-order valence-corrected chi connectivity index (χ2v) is 4.54. The molecule has 0 saturated carbocycles. The molecule has 98 valence electrons. The molecule has 0 aliphatic carbocycles. The van der Waals surface area contributed by atoms with Gasteiger partial charge in [-0.15, -0.1) is 0 Å². The fourth-order valence-electron chi connectivity index (χ4n) is 2.26. The Morgan fingerprint density at radius 3 is 2.94 bits per heavy atom. The summed E-state index contributed by atoms with van der Waals surface area (Å²) in [5, 5.41) is 12.7. The van der Waals surface area contributed by atoms with Gasteiger partial charge in [0.1, 0.15) is 19.2 Å². The number of nitrogens with zero attached hydrogens (tertiary/aromatic N) is 4. The highest BCUT2D eigenvalue weighted by Gasteiger charge is 2.25. The van der Waals surface area contributed by atoms with E-state index in [9.17, 15) is 9.59 Å². The van der Waals surface area contributed by atoms with Gasteiger partial charge in [-0.1, -0.05) is 0 Å². The molecular weight excluding hydrogens is 236 g/mol. The highest BCUT2D eigenvalue weighted by molar-refractivity contribution is 5.76. The zero-order valence-corrected chi connectivity index (χ0v) is 10.0. The van der Waals surface area contributed by atoms with Crippen LogP contribution in [0.4, 0.5) is 0 Å². The predicted octanol–water partition coefficient (Wildman–Crippen LogP) is -0.00860. The lowest BCUT2D eigenvalue weighted by molar-refractivity contribution is -0.141. The SMILES string of the molecule is O=C(O)CC1CCCN(C(=O)Cn2cncn2)C1. The van der Waals surface area contributed by atoms with Crippen molar-refractivity contribution in [3.8, 4) is 0 Å². The molecule has 0 bridgehead atoms. The summed E-state index contributed by atoms with van der Waals surface area (Å²) < 4.78 is 1.48. The van der Waals surface area contributed by atoms with Gasteiger partial charge in [0.05, 0.1) is 0 Å². The molecule has 1 fully saturated rings. The number of hydrogen-bond acceptors (Lipinski definition) is 4. The van der Waals surface area contributed by atoms with E-state index in [4.69, 9.17) is 5.11 Å². The molecule has 1 aromatic rings. The minimum Gasteiger partial charge on any atom is -0.481 e. The van der Waals surface area contributed by atoms with E-state index < -0.39 is 5.97 Å². The predicted molar refractivity (Wildman–Crippen MR) is 61.6 cm³/mol. The van der Waals surface area contributed by atoms with Gasteiger partial charge in [-0.25, -0.2) is 9.67 Å². The van der Waals surface area contributed by atoms with Crippen LogP contribution >= 0.6 is 0 Å². The van der Waals surface area contributed by atoms with Gasteiger partial charge in [-0.3, -0.25) is 9.59 Å². The van der Waals surface area contributed by atoms with Gasteiger partial charge in [0.2, 0.25) is 5.91 Å². The van der Waals surface area contributed by atoms with E-state index in [0.29, 0.717) is 13.1 Å². The van der Waals surface area contributed by atoms with Crippen molar-refractivity contribution in [1.29, 1.82) is 0 Å². The highest BCUT2D eigenvalue weighted by Crippen LogP contribution is 2.19. The quantitative estimate of drug-likeness (QED) is 0.814. The molecule has 1 N–H and O–H groups in total. The van der Waals surface area contributed by atoms with E-state index in [1.54, 1.807) is 4.90 Å². The van der Waals surface area contributed by atoms with E-state index in [1.165, 1.54) is 17.3 Å². The molecule has 2 rings (SSSR count). The first-order valence-electron chi connectivity index (χ1n) is 5.97. The van der Waals surface area contributed by atoms with E-state index in [0.717, 1.165) is 12.8 Å². The molecule has 1 amide bonds. The maximum Gasteiger partial charge on any atom is 0.303 e. The third kappa shape index (κ3) is 3.28. The number of likely N-dealkylation sites (tertiary alicyclic amines) is 1. The van der Waals surface area contributed by atoms with Crippen LogP contribution in [0.2, 0.25) is 0 Å². The number of carboxylic acids is 1. The van der Waals surface area contributed by atoms with Crippen molar-refractivity contribution in [2.24, 2.45) is 5.92 Å². The molecule has 2 heterocycles. The summed E-state index contributed by atoms with van der Waals surface area (Å²) in [6.07, 6.45) is 4.75. The Bertz CT molecular complexity index is 418. The molecule has 0 aromatic carbocycles. The Morgan fingerprint density at radius 2 is 2.28 bits per heavy atom. The van der Waals surface area contributed by atoms with Gasteiger partial charge in [0.15, 0.2) is 0 Å². The number of rotatable bonds is 4. The molecule has 1 atom stereocenters. The Balaban J connectivity index is 1.88. The van der Waals surface area contributed by atoms with Crippen LogP contribution in [0.5, 0.6) is 0 Å². The highest BCUT2D eigenvalue weighted by atomic mass is 16.4. The number of aliphatic carboxylic acids is 1. The summed E-state index contributed by atoms with van der Waals surface area (Å²) in [6, 6.07) is 0. The third-order valence-corrected chi connectivity index (χ3v) is 3.10. The van der Waals surface area contributed by atoms with Crippen LogP contribution in [0.3, 0.4) is 0 Å². The number of piperidine rings is 1. The van der Waals surface area contributed by atoms with Gasteiger partial charge in [0, 0.05) is 19.5 Å². The summed E-state index contributed by atoms with van der Waals surface area (Å²) in [7, 11) is 0. The lowest BCUT2D eigenvalue weighted by atomic mass is 9.95. The molecule has 1 aliphatic heterocycles. The van der Waals surface area contributed by atoms with Crippen LogP contribution < -0.4 is 0 Å². The molecule has 1 unspecified atom stereocenters. The van der Waals surface area contributed by atoms with Gasteiger partial charge in [0.25, 0.3) is 0 Å². The lowest BCUT2D eigenvalue weighted by Gasteiger charge is -2.32. The maximum absolute atomic E-state index is 12.0. The monoisotopic (exact) mass is 252 g/mol. The van der Waals surface area contributed by atoms with Gasteiger partial charge in [-0.2, -0.15) is 5.10 Å². The molecule has 1 aromatic heterocycles. The normalized spacial score (nSPS) is 19.8. The van der Waals surface area contributed by atoms with Crippen LogP contribution in [0.1, 0.15) is 19.3 Å². The first-order chi connectivity index (χ1) is 8.65. The summed E-state index contributed by atoms with van der Waals surface area (Å²) in [5.74, 6) is -0.767. The topological polar surface area (TPSA) is 88.3 Å². The molecule has 0 radical (unpaired) electrons. The van der Waals surface area contributed by atoms with Crippen LogP contribution in [0.25, 0.3) is 0 Å². The van der Waals surface area contributed by atoms with E-state index >= 15 is 0 Å². The average molecular weight is 252 g/mol. The minimum atomic E-state index is -0.800.